The molecule has 0 aromatic heterocycles. The summed E-state index contributed by atoms with van der Waals surface area (Å²) in [5, 5.41) is 8.94. The molecule has 1 N–H and O–H groups in total. The summed E-state index contributed by atoms with van der Waals surface area (Å²) < 4.78 is 64.9. The van der Waals surface area contributed by atoms with E-state index < -0.39 is 38.2 Å². The third-order valence-electron chi connectivity index (χ3n) is 3.74. The van der Waals surface area contributed by atoms with Gasteiger partial charge in [0.25, 0.3) is 0 Å². The molecule has 0 spiro atoms. The largest absolute Gasteiger partial charge is 0.478 e. The topological polar surface area (TPSA) is 74.7 Å². The Morgan fingerprint density at radius 2 is 1.96 bits per heavy atom. The van der Waals surface area contributed by atoms with Crippen molar-refractivity contribution in [3.05, 3.63) is 29.3 Å². The number of sulfonamides is 1. The van der Waals surface area contributed by atoms with E-state index in [9.17, 15) is 26.4 Å². The molecule has 1 saturated heterocycles. The maximum absolute atomic E-state index is 12.9. The first kappa shape index (κ1) is 17.7. The van der Waals surface area contributed by atoms with Gasteiger partial charge in [0.05, 0.1) is 16.0 Å². The predicted molar refractivity (Wildman–Crippen MR) is 75.6 cm³/mol. The first-order valence-electron chi connectivity index (χ1n) is 6.97. The second kappa shape index (κ2) is 6.12. The predicted octanol–water partition coefficient (Wildman–Crippen LogP) is 2.82. The average Bonchev–Trinajstić information content (AvgIpc) is 2.45. The molecular formula is C14H16F3NO4S. The number of carboxylic acid groups (broad SMARTS) is 1. The molecule has 1 aromatic rings. The molecule has 128 valence electrons. The van der Waals surface area contributed by atoms with Gasteiger partial charge >= 0.3 is 12.1 Å². The van der Waals surface area contributed by atoms with Gasteiger partial charge in [-0.15, -0.1) is 0 Å². The highest BCUT2D eigenvalue weighted by Crippen LogP contribution is 2.33. The Bertz CT molecular complexity index is 715. The zero-order chi connectivity index (χ0) is 17.4. The van der Waals surface area contributed by atoms with E-state index >= 15 is 0 Å². The van der Waals surface area contributed by atoms with Crippen molar-refractivity contribution in [1.82, 2.24) is 4.31 Å². The van der Waals surface area contributed by atoms with Crippen LogP contribution in [0.15, 0.2) is 23.1 Å². The Balaban J connectivity index is 2.52. The van der Waals surface area contributed by atoms with E-state index in [0.717, 1.165) is 16.8 Å². The van der Waals surface area contributed by atoms with Crippen LogP contribution in [-0.2, 0) is 16.2 Å². The molecule has 5 nitrogen and oxygen atoms in total. The van der Waals surface area contributed by atoms with Crippen LogP contribution in [0.3, 0.4) is 0 Å². The van der Waals surface area contributed by atoms with Crippen molar-refractivity contribution < 1.29 is 31.5 Å². The van der Waals surface area contributed by atoms with Gasteiger partial charge in [-0.05, 0) is 37.0 Å². The molecule has 1 heterocycles. The van der Waals surface area contributed by atoms with E-state index in [-0.39, 0.29) is 19.0 Å². The summed E-state index contributed by atoms with van der Waals surface area (Å²) in [5.41, 5.74) is -2.00. The lowest BCUT2D eigenvalue weighted by Gasteiger charge is -2.30. The van der Waals surface area contributed by atoms with Crippen LogP contribution in [-0.4, -0.2) is 36.9 Å². The monoisotopic (exact) mass is 351 g/mol. The van der Waals surface area contributed by atoms with Crippen LogP contribution in [0.2, 0.25) is 0 Å². The molecule has 0 saturated carbocycles. The van der Waals surface area contributed by atoms with E-state index in [2.05, 4.69) is 0 Å². The van der Waals surface area contributed by atoms with Gasteiger partial charge in [0, 0.05) is 13.1 Å². The Kier molecular flexibility index (Phi) is 4.72. The van der Waals surface area contributed by atoms with Crippen molar-refractivity contribution >= 4 is 16.0 Å². The van der Waals surface area contributed by atoms with Crippen molar-refractivity contribution in [1.29, 1.82) is 0 Å². The Morgan fingerprint density at radius 3 is 2.48 bits per heavy atom. The molecule has 0 aliphatic carbocycles. The van der Waals surface area contributed by atoms with Crippen LogP contribution in [0, 0.1) is 5.92 Å². The van der Waals surface area contributed by atoms with Crippen LogP contribution >= 0.6 is 0 Å². The average molecular weight is 351 g/mol. The fourth-order valence-corrected chi connectivity index (χ4v) is 4.22. The van der Waals surface area contributed by atoms with E-state index in [4.69, 9.17) is 5.11 Å². The van der Waals surface area contributed by atoms with E-state index in [1.165, 1.54) is 0 Å². The van der Waals surface area contributed by atoms with Crippen molar-refractivity contribution in [2.24, 2.45) is 5.92 Å². The molecule has 0 bridgehead atoms. The van der Waals surface area contributed by atoms with Crippen molar-refractivity contribution in [2.75, 3.05) is 13.1 Å². The molecule has 2 rings (SSSR count). The number of hydrogen-bond donors (Lipinski definition) is 1. The van der Waals surface area contributed by atoms with E-state index in [0.29, 0.717) is 18.6 Å². The van der Waals surface area contributed by atoms with Gasteiger partial charge in [0.2, 0.25) is 10.0 Å². The number of aromatic carboxylic acids is 1. The summed E-state index contributed by atoms with van der Waals surface area (Å²) in [6.45, 7) is 2.28. The third-order valence-corrected chi connectivity index (χ3v) is 5.58. The minimum atomic E-state index is -4.83. The molecule has 1 aromatic carbocycles. The molecule has 1 fully saturated rings. The highest BCUT2D eigenvalue weighted by atomic mass is 32.2. The highest BCUT2D eigenvalue weighted by Gasteiger charge is 2.35. The molecule has 9 heteroatoms. The number of nitrogens with zero attached hydrogens (tertiary/aromatic N) is 1. The third kappa shape index (κ3) is 3.84. The Morgan fingerprint density at radius 1 is 1.30 bits per heavy atom. The summed E-state index contributed by atoms with van der Waals surface area (Å²) in [7, 11) is -4.16. The zero-order valence-corrected chi connectivity index (χ0v) is 13.1. The van der Waals surface area contributed by atoms with Crippen molar-refractivity contribution in [3.8, 4) is 0 Å². The molecule has 1 unspecified atom stereocenters. The maximum atomic E-state index is 12.9. The second-order valence-electron chi connectivity index (χ2n) is 5.66. The first-order chi connectivity index (χ1) is 10.5. The molecule has 1 atom stereocenters. The molecule has 0 amide bonds. The fourth-order valence-electron chi connectivity index (χ4n) is 2.55. The van der Waals surface area contributed by atoms with Gasteiger partial charge in [-0.3, -0.25) is 0 Å². The van der Waals surface area contributed by atoms with Gasteiger partial charge in [0.15, 0.2) is 0 Å². The number of carboxylic acids is 1. The quantitative estimate of drug-likeness (QED) is 0.909. The number of rotatable bonds is 3. The summed E-state index contributed by atoms with van der Waals surface area (Å²) >= 11 is 0. The standard InChI is InChI=1S/C14H16F3NO4S/c1-9-3-2-4-18(8-9)23(21,22)12-6-10(13(19)20)5-11(7-12)14(15,16)17/h5-7,9H,2-4,8H2,1H3,(H,19,20). The number of hydrogen-bond acceptors (Lipinski definition) is 3. The lowest BCUT2D eigenvalue weighted by Crippen LogP contribution is -2.39. The van der Waals surface area contributed by atoms with E-state index in [1.807, 2.05) is 6.92 Å². The number of carbonyl (C=O) groups is 1. The Labute approximate surface area is 131 Å². The Hall–Kier alpha value is -1.61. The SMILES string of the molecule is CC1CCCN(S(=O)(=O)c2cc(C(=O)O)cc(C(F)(F)F)c2)C1. The fraction of sp³-hybridized carbons (Fsp3) is 0.500. The summed E-state index contributed by atoms with van der Waals surface area (Å²) in [4.78, 5) is 10.4. The highest BCUT2D eigenvalue weighted by molar-refractivity contribution is 7.89. The second-order valence-corrected chi connectivity index (χ2v) is 7.60. The normalized spacial score (nSPS) is 20.4. The van der Waals surface area contributed by atoms with Crippen LogP contribution < -0.4 is 0 Å². The van der Waals surface area contributed by atoms with E-state index in [1.54, 1.807) is 0 Å². The van der Waals surface area contributed by atoms with Crippen molar-refractivity contribution in [2.45, 2.75) is 30.8 Å². The van der Waals surface area contributed by atoms with Crippen LogP contribution in [0.1, 0.15) is 35.7 Å². The molecule has 0 radical (unpaired) electrons. The number of benzene rings is 1. The maximum Gasteiger partial charge on any atom is 0.416 e. The summed E-state index contributed by atoms with van der Waals surface area (Å²) in [6.07, 6.45) is -3.37. The van der Waals surface area contributed by atoms with Gasteiger partial charge in [0.1, 0.15) is 0 Å². The lowest BCUT2D eigenvalue weighted by atomic mass is 10.0. The summed E-state index contributed by atoms with van der Waals surface area (Å²) in [5.74, 6) is -1.51. The number of alkyl halides is 3. The van der Waals surface area contributed by atoms with Gasteiger partial charge in [-0.25, -0.2) is 13.2 Å². The van der Waals surface area contributed by atoms with Crippen LogP contribution in [0.25, 0.3) is 0 Å². The number of piperidine rings is 1. The zero-order valence-electron chi connectivity index (χ0n) is 12.3. The van der Waals surface area contributed by atoms with Crippen molar-refractivity contribution in [3.63, 3.8) is 0 Å². The molecule has 23 heavy (non-hydrogen) atoms. The lowest BCUT2D eigenvalue weighted by molar-refractivity contribution is -0.137. The molecule has 1 aliphatic rings. The number of halogens is 3. The first-order valence-corrected chi connectivity index (χ1v) is 8.41. The smallest absolute Gasteiger partial charge is 0.416 e. The van der Waals surface area contributed by atoms with Crippen LogP contribution in [0.4, 0.5) is 13.2 Å². The molecular weight excluding hydrogens is 335 g/mol. The minimum absolute atomic E-state index is 0.100. The van der Waals surface area contributed by atoms with Gasteiger partial charge < -0.3 is 5.11 Å². The van der Waals surface area contributed by atoms with Crippen LogP contribution in [0.5, 0.6) is 0 Å². The minimum Gasteiger partial charge on any atom is -0.478 e. The summed E-state index contributed by atoms with van der Waals surface area (Å²) in [6, 6.07) is 1.69. The van der Waals surface area contributed by atoms with Gasteiger partial charge in [-0.2, -0.15) is 17.5 Å². The molecule has 1 aliphatic heterocycles. The van der Waals surface area contributed by atoms with Gasteiger partial charge in [-0.1, -0.05) is 6.92 Å².